The fraction of sp³-hybridized carbons (Fsp3) is 0.800. The fourth-order valence-corrected chi connectivity index (χ4v) is 1.04. The normalized spacial score (nSPS) is 30.2. The summed E-state index contributed by atoms with van der Waals surface area (Å²) in [6.45, 7) is 10.7. The summed E-state index contributed by atoms with van der Waals surface area (Å²) in [4.78, 5) is 8.91. The molecule has 2 nitrogen and oxygen atoms in total. The SMILES string of the molecule is CC1C=NC(C(C)(C)C)=NC1C. The second-order valence-corrected chi connectivity index (χ2v) is 4.58. The Kier molecular flexibility index (Phi) is 2.36. The van der Waals surface area contributed by atoms with Crippen LogP contribution < -0.4 is 0 Å². The molecule has 0 fully saturated rings. The summed E-state index contributed by atoms with van der Waals surface area (Å²) in [5, 5.41) is 0. The summed E-state index contributed by atoms with van der Waals surface area (Å²) < 4.78 is 0. The third kappa shape index (κ3) is 1.93. The van der Waals surface area contributed by atoms with Crippen LogP contribution in [-0.4, -0.2) is 18.1 Å². The van der Waals surface area contributed by atoms with Crippen molar-refractivity contribution >= 4 is 12.1 Å². The first kappa shape index (κ1) is 9.43. The molecule has 2 atom stereocenters. The first-order chi connectivity index (χ1) is 5.41. The topological polar surface area (TPSA) is 24.7 Å². The van der Waals surface area contributed by atoms with Crippen molar-refractivity contribution in [3.8, 4) is 0 Å². The third-order valence-corrected chi connectivity index (χ3v) is 2.19. The lowest BCUT2D eigenvalue weighted by Crippen LogP contribution is -2.27. The zero-order valence-corrected chi connectivity index (χ0v) is 8.63. The van der Waals surface area contributed by atoms with Crippen molar-refractivity contribution < 1.29 is 0 Å². The van der Waals surface area contributed by atoms with Gasteiger partial charge in [0.15, 0.2) is 0 Å². The Bertz CT molecular complexity index is 220. The van der Waals surface area contributed by atoms with Crippen molar-refractivity contribution in [2.75, 3.05) is 0 Å². The minimum absolute atomic E-state index is 0.0882. The molecule has 1 aliphatic rings. The van der Waals surface area contributed by atoms with E-state index in [1.807, 2.05) is 6.21 Å². The van der Waals surface area contributed by atoms with E-state index in [0.717, 1.165) is 5.84 Å². The molecule has 2 heteroatoms. The molecule has 0 aromatic rings. The summed E-state index contributed by atoms with van der Waals surface area (Å²) in [6, 6.07) is 0.386. The van der Waals surface area contributed by atoms with Gasteiger partial charge in [-0.25, -0.2) is 4.99 Å². The monoisotopic (exact) mass is 166 g/mol. The van der Waals surface area contributed by atoms with E-state index in [9.17, 15) is 0 Å². The summed E-state index contributed by atoms with van der Waals surface area (Å²) >= 11 is 0. The van der Waals surface area contributed by atoms with E-state index in [-0.39, 0.29) is 5.41 Å². The molecular formula is C10H18N2. The van der Waals surface area contributed by atoms with Crippen LogP contribution >= 0.6 is 0 Å². The molecule has 0 N–H and O–H groups in total. The van der Waals surface area contributed by atoms with Crippen LogP contribution in [0.5, 0.6) is 0 Å². The van der Waals surface area contributed by atoms with Crippen LogP contribution in [0.1, 0.15) is 34.6 Å². The minimum Gasteiger partial charge on any atom is -0.266 e. The van der Waals surface area contributed by atoms with Gasteiger partial charge in [-0.05, 0) is 6.92 Å². The van der Waals surface area contributed by atoms with Crippen LogP contribution in [0.25, 0.3) is 0 Å². The standard InChI is InChI=1S/C10H18N2/c1-7-6-11-9(10(3,4)5)12-8(7)2/h6-8H,1-5H3. The highest BCUT2D eigenvalue weighted by Gasteiger charge is 2.23. The highest BCUT2D eigenvalue weighted by Crippen LogP contribution is 2.21. The summed E-state index contributed by atoms with van der Waals surface area (Å²) in [7, 11) is 0. The van der Waals surface area contributed by atoms with Crippen molar-refractivity contribution in [2.45, 2.75) is 40.7 Å². The molecule has 0 aromatic carbocycles. The molecule has 12 heavy (non-hydrogen) atoms. The number of nitrogens with zero attached hydrogens (tertiary/aromatic N) is 2. The zero-order chi connectivity index (χ0) is 9.35. The predicted molar refractivity (Wildman–Crippen MR) is 54.0 cm³/mol. The van der Waals surface area contributed by atoms with E-state index in [2.05, 4.69) is 44.6 Å². The average Bonchev–Trinajstić information content (AvgIpc) is 1.92. The quantitative estimate of drug-likeness (QED) is 0.528. The maximum Gasteiger partial charge on any atom is 0.128 e. The number of hydrogen-bond donors (Lipinski definition) is 0. The van der Waals surface area contributed by atoms with Crippen LogP contribution in [0.3, 0.4) is 0 Å². The molecule has 0 amide bonds. The van der Waals surface area contributed by atoms with Crippen molar-refractivity contribution in [3.63, 3.8) is 0 Å². The lowest BCUT2D eigenvalue weighted by atomic mass is 9.93. The van der Waals surface area contributed by atoms with E-state index in [1.54, 1.807) is 0 Å². The molecule has 0 spiro atoms. The lowest BCUT2D eigenvalue weighted by Gasteiger charge is -2.24. The molecule has 0 saturated carbocycles. The Morgan fingerprint density at radius 2 is 1.83 bits per heavy atom. The van der Waals surface area contributed by atoms with Crippen LogP contribution in [0, 0.1) is 11.3 Å². The van der Waals surface area contributed by atoms with E-state index in [0.29, 0.717) is 12.0 Å². The van der Waals surface area contributed by atoms with Crippen molar-refractivity contribution in [1.29, 1.82) is 0 Å². The number of rotatable bonds is 0. The largest absolute Gasteiger partial charge is 0.266 e. The van der Waals surface area contributed by atoms with E-state index < -0.39 is 0 Å². The Hall–Kier alpha value is -0.660. The fourth-order valence-electron chi connectivity index (χ4n) is 1.04. The predicted octanol–water partition coefficient (Wildman–Crippen LogP) is 2.54. The molecule has 0 saturated heterocycles. The molecule has 0 aliphatic carbocycles. The first-order valence-electron chi connectivity index (χ1n) is 4.53. The van der Waals surface area contributed by atoms with E-state index >= 15 is 0 Å². The number of hydrogen-bond acceptors (Lipinski definition) is 2. The summed E-state index contributed by atoms with van der Waals surface area (Å²) in [5.41, 5.74) is 0.0882. The van der Waals surface area contributed by atoms with Crippen LogP contribution in [0.2, 0.25) is 0 Å². The van der Waals surface area contributed by atoms with Gasteiger partial charge in [-0.1, -0.05) is 27.7 Å². The molecule has 1 heterocycles. The van der Waals surface area contributed by atoms with Crippen LogP contribution in [0.4, 0.5) is 0 Å². The van der Waals surface area contributed by atoms with Crippen LogP contribution in [-0.2, 0) is 0 Å². The molecule has 0 aromatic heterocycles. The molecule has 68 valence electrons. The molecule has 1 rings (SSSR count). The van der Waals surface area contributed by atoms with Gasteiger partial charge in [0, 0.05) is 17.5 Å². The first-order valence-corrected chi connectivity index (χ1v) is 4.53. The van der Waals surface area contributed by atoms with Crippen molar-refractivity contribution in [1.82, 2.24) is 0 Å². The molecule has 0 bridgehead atoms. The minimum atomic E-state index is 0.0882. The smallest absolute Gasteiger partial charge is 0.128 e. The highest BCUT2D eigenvalue weighted by atomic mass is 15.0. The molecule has 1 aliphatic heterocycles. The number of aliphatic imine (C=N–C) groups is 2. The lowest BCUT2D eigenvalue weighted by molar-refractivity contribution is 0.548. The van der Waals surface area contributed by atoms with Gasteiger partial charge in [0.25, 0.3) is 0 Å². The van der Waals surface area contributed by atoms with Crippen molar-refractivity contribution in [3.05, 3.63) is 0 Å². The van der Waals surface area contributed by atoms with Gasteiger partial charge in [-0.3, -0.25) is 4.99 Å². The van der Waals surface area contributed by atoms with Gasteiger partial charge in [-0.15, -0.1) is 0 Å². The van der Waals surface area contributed by atoms with E-state index in [4.69, 9.17) is 0 Å². The Morgan fingerprint density at radius 3 is 2.25 bits per heavy atom. The van der Waals surface area contributed by atoms with Gasteiger partial charge < -0.3 is 0 Å². The van der Waals surface area contributed by atoms with Gasteiger partial charge in [-0.2, -0.15) is 0 Å². The maximum atomic E-state index is 4.55. The van der Waals surface area contributed by atoms with Gasteiger partial charge >= 0.3 is 0 Å². The molecule has 0 radical (unpaired) electrons. The number of amidine groups is 1. The summed E-state index contributed by atoms with van der Waals surface area (Å²) in [5.74, 6) is 1.46. The maximum absolute atomic E-state index is 4.55. The van der Waals surface area contributed by atoms with Gasteiger partial charge in [0.2, 0.25) is 0 Å². The molecular weight excluding hydrogens is 148 g/mol. The van der Waals surface area contributed by atoms with Crippen LogP contribution in [0.15, 0.2) is 9.98 Å². The second-order valence-electron chi connectivity index (χ2n) is 4.58. The Labute approximate surface area is 74.8 Å². The zero-order valence-electron chi connectivity index (χ0n) is 8.63. The van der Waals surface area contributed by atoms with Gasteiger partial charge in [0.1, 0.15) is 5.84 Å². The van der Waals surface area contributed by atoms with E-state index in [1.165, 1.54) is 0 Å². The van der Waals surface area contributed by atoms with Crippen molar-refractivity contribution in [2.24, 2.45) is 21.3 Å². The second kappa shape index (κ2) is 3.00. The highest BCUT2D eigenvalue weighted by molar-refractivity contribution is 5.95. The third-order valence-electron chi connectivity index (χ3n) is 2.19. The van der Waals surface area contributed by atoms with Gasteiger partial charge in [0.05, 0.1) is 6.04 Å². The Balaban J connectivity index is 2.84. The summed E-state index contributed by atoms with van der Waals surface area (Å²) in [6.07, 6.45) is 2.01. The molecule has 2 unspecified atom stereocenters. The average molecular weight is 166 g/mol. The Morgan fingerprint density at radius 1 is 1.25 bits per heavy atom.